The highest BCUT2D eigenvalue weighted by Crippen LogP contribution is 2.36. The minimum atomic E-state index is -5.04. The molecule has 37 heavy (non-hydrogen) atoms. The quantitative estimate of drug-likeness (QED) is 0.236. The molecular weight excluding hydrogens is 498 g/mol. The molecule has 2 aromatic carbocycles. The third kappa shape index (κ3) is 6.44. The lowest BCUT2D eigenvalue weighted by Gasteiger charge is -2.29. The van der Waals surface area contributed by atoms with Crippen molar-refractivity contribution in [3.63, 3.8) is 0 Å². The van der Waals surface area contributed by atoms with Crippen molar-refractivity contribution in [3.8, 4) is 22.8 Å². The second-order valence-electron chi connectivity index (χ2n) is 7.77. The molecular formula is C24H21F4N5O4. The SMILES string of the molecule is C=CC(=O)Nc1cc(-c2nc(Nc3ccc(O)c(N4CCOCC4)c3)ncc2OC(F)(F)F)ccc1F. The predicted octanol–water partition coefficient (Wildman–Crippen LogP) is 4.59. The molecule has 0 atom stereocenters. The number of aromatic hydroxyl groups is 1. The zero-order valence-electron chi connectivity index (χ0n) is 19.2. The molecule has 1 aliphatic heterocycles. The van der Waals surface area contributed by atoms with Crippen molar-refractivity contribution < 1.29 is 36.9 Å². The fourth-order valence-corrected chi connectivity index (χ4v) is 3.58. The van der Waals surface area contributed by atoms with Crippen molar-refractivity contribution >= 4 is 28.9 Å². The predicted molar refractivity (Wildman–Crippen MR) is 127 cm³/mol. The number of phenolic OH excluding ortho intramolecular Hbond substituents is 1. The molecule has 194 valence electrons. The molecule has 13 heteroatoms. The molecule has 0 unspecified atom stereocenters. The van der Waals surface area contributed by atoms with Crippen LogP contribution in [0.3, 0.4) is 0 Å². The molecule has 9 nitrogen and oxygen atoms in total. The van der Waals surface area contributed by atoms with Crippen molar-refractivity contribution in [1.29, 1.82) is 0 Å². The molecule has 0 bridgehead atoms. The first kappa shape index (κ1) is 25.7. The number of hydrogen-bond donors (Lipinski definition) is 3. The lowest BCUT2D eigenvalue weighted by Crippen LogP contribution is -2.36. The number of halogens is 4. The summed E-state index contributed by atoms with van der Waals surface area (Å²) in [5, 5.41) is 15.4. The highest BCUT2D eigenvalue weighted by molar-refractivity contribution is 5.99. The van der Waals surface area contributed by atoms with Gasteiger partial charge in [0.1, 0.15) is 17.3 Å². The van der Waals surface area contributed by atoms with Crippen molar-refractivity contribution in [2.24, 2.45) is 0 Å². The van der Waals surface area contributed by atoms with Gasteiger partial charge in [0.2, 0.25) is 11.9 Å². The van der Waals surface area contributed by atoms with Gasteiger partial charge in [-0.1, -0.05) is 6.58 Å². The van der Waals surface area contributed by atoms with E-state index in [0.29, 0.717) is 37.7 Å². The monoisotopic (exact) mass is 519 g/mol. The number of nitrogens with one attached hydrogen (secondary N) is 2. The molecule has 1 fully saturated rings. The van der Waals surface area contributed by atoms with E-state index < -0.39 is 23.8 Å². The molecule has 4 rings (SSSR count). The number of phenols is 1. The summed E-state index contributed by atoms with van der Waals surface area (Å²) in [7, 11) is 0. The molecule has 3 N–H and O–H groups in total. The Morgan fingerprint density at radius 3 is 2.65 bits per heavy atom. The van der Waals surface area contributed by atoms with Crippen LogP contribution in [0.15, 0.2) is 55.3 Å². The Balaban J connectivity index is 1.70. The van der Waals surface area contributed by atoms with E-state index >= 15 is 0 Å². The molecule has 1 aromatic heterocycles. The number of carbonyl (C=O) groups is 1. The number of amides is 1. The summed E-state index contributed by atoms with van der Waals surface area (Å²) in [6.45, 7) is 5.41. The second kappa shape index (κ2) is 10.7. The van der Waals surface area contributed by atoms with Crippen LogP contribution in [0.1, 0.15) is 0 Å². The van der Waals surface area contributed by atoms with E-state index in [9.17, 15) is 27.5 Å². The number of carbonyl (C=O) groups excluding carboxylic acids is 1. The van der Waals surface area contributed by atoms with Crippen molar-refractivity contribution in [2.45, 2.75) is 6.36 Å². The van der Waals surface area contributed by atoms with Crippen LogP contribution in [0, 0.1) is 5.82 Å². The van der Waals surface area contributed by atoms with Gasteiger partial charge in [0, 0.05) is 24.3 Å². The molecule has 0 aliphatic carbocycles. The maximum Gasteiger partial charge on any atom is 0.573 e. The van der Waals surface area contributed by atoms with Crippen LogP contribution in [0.25, 0.3) is 11.3 Å². The van der Waals surface area contributed by atoms with Gasteiger partial charge in [0.15, 0.2) is 5.75 Å². The van der Waals surface area contributed by atoms with E-state index in [0.717, 1.165) is 24.4 Å². The maximum atomic E-state index is 14.2. The first-order valence-electron chi connectivity index (χ1n) is 10.9. The number of rotatable bonds is 7. The van der Waals surface area contributed by atoms with Gasteiger partial charge in [-0.3, -0.25) is 4.79 Å². The van der Waals surface area contributed by atoms with E-state index in [1.54, 1.807) is 12.1 Å². The topological polar surface area (TPSA) is 109 Å². The van der Waals surface area contributed by atoms with E-state index in [2.05, 4.69) is 31.9 Å². The normalized spacial score (nSPS) is 13.7. The van der Waals surface area contributed by atoms with Crippen molar-refractivity contribution in [3.05, 3.63) is 61.1 Å². The van der Waals surface area contributed by atoms with Gasteiger partial charge in [-0.2, -0.15) is 0 Å². The summed E-state index contributed by atoms with van der Waals surface area (Å²) in [6, 6.07) is 7.92. The smallest absolute Gasteiger partial charge is 0.506 e. The number of aromatic nitrogens is 2. The summed E-state index contributed by atoms with van der Waals surface area (Å²) in [5.74, 6) is -2.31. The average molecular weight is 519 g/mol. The van der Waals surface area contributed by atoms with Gasteiger partial charge < -0.3 is 30.1 Å². The Hall–Kier alpha value is -4.39. The van der Waals surface area contributed by atoms with E-state index in [1.807, 2.05) is 4.90 Å². The lowest BCUT2D eigenvalue weighted by atomic mass is 10.1. The fraction of sp³-hybridized carbons (Fsp3) is 0.208. The van der Waals surface area contributed by atoms with Gasteiger partial charge in [-0.05, 0) is 42.5 Å². The number of morpholine rings is 1. The van der Waals surface area contributed by atoms with Crippen LogP contribution < -0.4 is 20.3 Å². The van der Waals surface area contributed by atoms with Crippen LogP contribution in [-0.4, -0.2) is 53.6 Å². The number of alkyl halides is 3. The van der Waals surface area contributed by atoms with Gasteiger partial charge in [-0.25, -0.2) is 14.4 Å². The zero-order valence-corrected chi connectivity index (χ0v) is 19.2. The third-order valence-electron chi connectivity index (χ3n) is 5.25. The number of ether oxygens (including phenoxy) is 2. The summed E-state index contributed by atoms with van der Waals surface area (Å²) in [6.07, 6.45) is -3.30. The lowest BCUT2D eigenvalue weighted by molar-refractivity contribution is -0.274. The van der Waals surface area contributed by atoms with E-state index in [4.69, 9.17) is 4.74 Å². The molecule has 3 aromatic rings. The first-order valence-corrected chi connectivity index (χ1v) is 10.9. The molecule has 0 saturated carbocycles. The Bertz CT molecular complexity index is 1310. The van der Waals surface area contributed by atoms with Gasteiger partial charge in [0.25, 0.3) is 0 Å². The number of hydrogen-bond acceptors (Lipinski definition) is 8. The molecule has 1 aliphatic rings. The molecule has 1 amide bonds. The maximum absolute atomic E-state index is 14.2. The minimum Gasteiger partial charge on any atom is -0.506 e. The highest BCUT2D eigenvalue weighted by atomic mass is 19.4. The van der Waals surface area contributed by atoms with Crippen LogP contribution in [-0.2, 0) is 9.53 Å². The molecule has 0 radical (unpaired) electrons. The first-order chi connectivity index (χ1) is 17.6. The van der Waals surface area contributed by atoms with E-state index in [1.165, 1.54) is 12.1 Å². The molecule has 2 heterocycles. The summed E-state index contributed by atoms with van der Waals surface area (Å²) < 4.78 is 62.8. The van der Waals surface area contributed by atoms with Crippen LogP contribution in [0.5, 0.6) is 11.5 Å². The summed E-state index contributed by atoms with van der Waals surface area (Å²) in [4.78, 5) is 21.6. The highest BCUT2D eigenvalue weighted by Gasteiger charge is 2.33. The largest absolute Gasteiger partial charge is 0.573 e. The van der Waals surface area contributed by atoms with Crippen molar-refractivity contribution in [2.75, 3.05) is 41.8 Å². The minimum absolute atomic E-state index is 0.0187. The molecule has 1 saturated heterocycles. The van der Waals surface area contributed by atoms with Gasteiger partial charge in [0.05, 0.1) is 30.8 Å². The Morgan fingerprint density at radius 2 is 1.95 bits per heavy atom. The number of anilines is 4. The summed E-state index contributed by atoms with van der Waals surface area (Å²) in [5.41, 5.74) is 0.405. The van der Waals surface area contributed by atoms with Gasteiger partial charge >= 0.3 is 6.36 Å². The van der Waals surface area contributed by atoms with Gasteiger partial charge in [-0.15, -0.1) is 13.2 Å². The number of nitrogens with zero attached hydrogens (tertiary/aromatic N) is 3. The number of benzene rings is 2. The van der Waals surface area contributed by atoms with Crippen LogP contribution in [0.2, 0.25) is 0 Å². The van der Waals surface area contributed by atoms with Crippen molar-refractivity contribution in [1.82, 2.24) is 9.97 Å². The van der Waals surface area contributed by atoms with Crippen LogP contribution in [0.4, 0.5) is 40.6 Å². The third-order valence-corrected chi connectivity index (χ3v) is 5.25. The fourth-order valence-electron chi connectivity index (χ4n) is 3.58. The second-order valence-corrected chi connectivity index (χ2v) is 7.77. The zero-order chi connectivity index (χ0) is 26.6. The molecule has 0 spiro atoms. The Morgan fingerprint density at radius 1 is 1.19 bits per heavy atom. The van der Waals surface area contributed by atoms with Crippen LogP contribution >= 0.6 is 0 Å². The Labute approximate surface area is 208 Å². The summed E-state index contributed by atoms with van der Waals surface area (Å²) >= 11 is 0. The van der Waals surface area contributed by atoms with E-state index in [-0.39, 0.29) is 28.6 Å². The average Bonchev–Trinajstić information content (AvgIpc) is 2.87. The standard InChI is InChI=1S/C24H21F4N5O4/c1-2-21(35)31-17-11-14(3-5-16(17)25)22-20(37-24(26,27)28)13-29-23(32-22)30-15-4-6-19(34)18(12-15)33-7-9-36-10-8-33/h2-6,11-13,34H,1,7-10H2,(H,31,35)(H,29,30,32). The Kier molecular flexibility index (Phi) is 7.43.